The molecule has 0 spiro atoms. The second-order valence-electron chi connectivity index (χ2n) is 4.01. The Labute approximate surface area is 126 Å². The first-order valence-electron chi connectivity index (χ1n) is 5.52. The van der Waals surface area contributed by atoms with Crippen LogP contribution in [0.3, 0.4) is 0 Å². The summed E-state index contributed by atoms with van der Waals surface area (Å²) < 4.78 is 0. The van der Waals surface area contributed by atoms with E-state index in [1.54, 1.807) is 0 Å². The van der Waals surface area contributed by atoms with Gasteiger partial charge in [0, 0.05) is 12.1 Å². The van der Waals surface area contributed by atoms with Gasteiger partial charge in [-0.15, -0.1) is 0 Å². The summed E-state index contributed by atoms with van der Waals surface area (Å²) in [5, 5.41) is 0.847. The molecule has 7 heteroatoms. The Kier molecular flexibility index (Phi) is 4.45. The predicted octanol–water partition coefficient (Wildman–Crippen LogP) is 4.03. The zero-order valence-corrected chi connectivity index (χ0v) is 12.6. The van der Waals surface area contributed by atoms with Crippen molar-refractivity contribution in [3.63, 3.8) is 0 Å². The van der Waals surface area contributed by atoms with Crippen molar-refractivity contribution in [2.24, 2.45) is 0 Å². The minimum Gasteiger partial charge on any atom is -0.337 e. The lowest BCUT2D eigenvalue weighted by atomic mass is 10.1. The fourth-order valence-electron chi connectivity index (χ4n) is 1.61. The third-order valence-corrected chi connectivity index (χ3v) is 3.41. The standard InChI is InChI=1S/C12H11Cl3N4/c1-7(8-3-5-9(13)6-4-8)19(2)12-17-10(14)16-11(15)18-12/h3-7H,1-2H3. The van der Waals surface area contributed by atoms with Crippen LogP contribution in [0.2, 0.25) is 15.6 Å². The van der Waals surface area contributed by atoms with Crippen molar-refractivity contribution in [2.75, 3.05) is 11.9 Å². The molecule has 2 aromatic rings. The molecule has 0 aliphatic carbocycles. The molecule has 1 atom stereocenters. The van der Waals surface area contributed by atoms with Crippen LogP contribution in [0.1, 0.15) is 18.5 Å². The van der Waals surface area contributed by atoms with E-state index in [1.807, 2.05) is 43.1 Å². The summed E-state index contributed by atoms with van der Waals surface area (Å²) in [5.74, 6) is 0.424. The monoisotopic (exact) mass is 316 g/mol. The molecule has 1 unspecified atom stereocenters. The molecule has 0 fully saturated rings. The lowest BCUT2D eigenvalue weighted by molar-refractivity contribution is 0.711. The second-order valence-corrected chi connectivity index (χ2v) is 5.12. The van der Waals surface area contributed by atoms with Gasteiger partial charge in [0.05, 0.1) is 6.04 Å². The largest absolute Gasteiger partial charge is 0.337 e. The summed E-state index contributed by atoms with van der Waals surface area (Å²) in [5.41, 5.74) is 1.08. The van der Waals surface area contributed by atoms with E-state index >= 15 is 0 Å². The van der Waals surface area contributed by atoms with Crippen LogP contribution in [0.5, 0.6) is 0 Å². The second kappa shape index (κ2) is 5.90. The Morgan fingerprint density at radius 1 is 0.947 bits per heavy atom. The molecule has 1 aromatic carbocycles. The molecule has 0 radical (unpaired) electrons. The van der Waals surface area contributed by atoms with E-state index in [0.29, 0.717) is 11.0 Å². The Hall–Kier alpha value is -1.10. The highest BCUT2D eigenvalue weighted by molar-refractivity contribution is 6.31. The van der Waals surface area contributed by atoms with Crippen LogP contribution in [0.4, 0.5) is 5.95 Å². The van der Waals surface area contributed by atoms with Gasteiger partial charge in [0.15, 0.2) is 0 Å². The molecule has 0 N–H and O–H groups in total. The third-order valence-electron chi connectivity index (χ3n) is 2.82. The maximum absolute atomic E-state index is 5.87. The summed E-state index contributed by atoms with van der Waals surface area (Å²) in [7, 11) is 1.86. The highest BCUT2D eigenvalue weighted by Crippen LogP contribution is 2.24. The average molecular weight is 318 g/mol. The fraction of sp³-hybridized carbons (Fsp3) is 0.250. The van der Waals surface area contributed by atoms with Gasteiger partial charge in [-0.25, -0.2) is 0 Å². The van der Waals surface area contributed by atoms with Crippen molar-refractivity contribution < 1.29 is 0 Å². The summed E-state index contributed by atoms with van der Waals surface area (Å²) in [6, 6.07) is 7.64. The number of anilines is 1. The van der Waals surface area contributed by atoms with Gasteiger partial charge in [-0.1, -0.05) is 23.7 Å². The maximum Gasteiger partial charge on any atom is 0.231 e. The van der Waals surface area contributed by atoms with Crippen molar-refractivity contribution >= 4 is 40.8 Å². The topological polar surface area (TPSA) is 41.9 Å². The van der Waals surface area contributed by atoms with Crippen molar-refractivity contribution in [3.8, 4) is 0 Å². The third kappa shape index (κ3) is 3.47. The lowest BCUT2D eigenvalue weighted by Crippen LogP contribution is -2.24. The zero-order chi connectivity index (χ0) is 14.0. The van der Waals surface area contributed by atoms with Gasteiger partial charge >= 0.3 is 0 Å². The van der Waals surface area contributed by atoms with Gasteiger partial charge in [0.25, 0.3) is 0 Å². The van der Waals surface area contributed by atoms with Crippen LogP contribution in [0.25, 0.3) is 0 Å². The molecule has 0 saturated heterocycles. The molecular formula is C12H11Cl3N4. The molecule has 4 nitrogen and oxygen atoms in total. The van der Waals surface area contributed by atoms with Crippen LogP contribution in [0, 0.1) is 0 Å². The van der Waals surface area contributed by atoms with Crippen molar-refractivity contribution in [2.45, 2.75) is 13.0 Å². The number of hydrogen-bond donors (Lipinski definition) is 0. The molecule has 1 aromatic heterocycles. The molecule has 0 bridgehead atoms. The van der Waals surface area contributed by atoms with Crippen LogP contribution in [-0.2, 0) is 0 Å². The van der Waals surface area contributed by atoms with E-state index in [9.17, 15) is 0 Å². The molecule has 0 aliphatic heterocycles. The van der Waals surface area contributed by atoms with E-state index in [1.165, 1.54) is 0 Å². The van der Waals surface area contributed by atoms with Crippen LogP contribution >= 0.6 is 34.8 Å². The highest BCUT2D eigenvalue weighted by Gasteiger charge is 2.16. The highest BCUT2D eigenvalue weighted by atomic mass is 35.5. The smallest absolute Gasteiger partial charge is 0.231 e. The molecule has 19 heavy (non-hydrogen) atoms. The van der Waals surface area contributed by atoms with Crippen molar-refractivity contribution in [1.29, 1.82) is 0 Å². The van der Waals surface area contributed by atoms with Gasteiger partial charge in [-0.3, -0.25) is 0 Å². The number of benzene rings is 1. The molecule has 0 amide bonds. The number of rotatable bonds is 3. The number of nitrogens with zero attached hydrogens (tertiary/aromatic N) is 4. The first-order valence-corrected chi connectivity index (χ1v) is 6.66. The van der Waals surface area contributed by atoms with Gasteiger partial charge in [0.2, 0.25) is 16.5 Å². The molecule has 100 valence electrons. The molecular weight excluding hydrogens is 307 g/mol. The summed E-state index contributed by atoms with van der Waals surface area (Å²) >= 11 is 17.4. The molecule has 0 aliphatic rings. The Balaban J connectivity index is 2.27. The normalized spacial score (nSPS) is 12.3. The number of hydrogen-bond acceptors (Lipinski definition) is 4. The van der Waals surface area contributed by atoms with Crippen LogP contribution in [-0.4, -0.2) is 22.0 Å². The van der Waals surface area contributed by atoms with Gasteiger partial charge in [-0.2, -0.15) is 15.0 Å². The van der Waals surface area contributed by atoms with E-state index in [0.717, 1.165) is 5.56 Å². The van der Waals surface area contributed by atoms with Crippen LogP contribution < -0.4 is 4.90 Å². The first kappa shape index (κ1) is 14.3. The predicted molar refractivity (Wildman–Crippen MR) is 78.1 cm³/mol. The lowest BCUT2D eigenvalue weighted by Gasteiger charge is -2.25. The number of halogens is 3. The summed E-state index contributed by atoms with van der Waals surface area (Å²) in [6.07, 6.45) is 0. The maximum atomic E-state index is 5.87. The first-order chi connectivity index (χ1) is 8.97. The SMILES string of the molecule is CC(c1ccc(Cl)cc1)N(C)c1nc(Cl)nc(Cl)n1. The Morgan fingerprint density at radius 3 is 2.00 bits per heavy atom. The molecule has 2 rings (SSSR count). The summed E-state index contributed by atoms with van der Waals surface area (Å²) in [4.78, 5) is 13.7. The van der Waals surface area contributed by atoms with Crippen molar-refractivity contribution in [1.82, 2.24) is 15.0 Å². The van der Waals surface area contributed by atoms with Gasteiger partial charge in [-0.05, 0) is 47.8 Å². The van der Waals surface area contributed by atoms with Crippen molar-refractivity contribution in [3.05, 3.63) is 45.4 Å². The molecule has 0 saturated carbocycles. The zero-order valence-electron chi connectivity index (χ0n) is 10.3. The number of aromatic nitrogens is 3. The Bertz CT molecular complexity index is 553. The van der Waals surface area contributed by atoms with E-state index in [-0.39, 0.29) is 16.6 Å². The van der Waals surface area contributed by atoms with E-state index in [4.69, 9.17) is 34.8 Å². The van der Waals surface area contributed by atoms with Crippen LogP contribution in [0.15, 0.2) is 24.3 Å². The molecule has 1 heterocycles. The van der Waals surface area contributed by atoms with E-state index in [2.05, 4.69) is 15.0 Å². The minimum absolute atomic E-state index is 0.0480. The Morgan fingerprint density at radius 2 is 1.47 bits per heavy atom. The van der Waals surface area contributed by atoms with E-state index < -0.39 is 0 Å². The minimum atomic E-state index is 0.0480. The fourth-order valence-corrected chi connectivity index (χ4v) is 2.09. The van der Waals surface area contributed by atoms with Gasteiger partial charge in [0.1, 0.15) is 0 Å². The summed E-state index contributed by atoms with van der Waals surface area (Å²) in [6.45, 7) is 2.02. The average Bonchev–Trinajstić information content (AvgIpc) is 2.37. The van der Waals surface area contributed by atoms with Gasteiger partial charge < -0.3 is 4.90 Å². The quantitative estimate of drug-likeness (QED) is 0.857.